The molecule has 1 saturated heterocycles. The van der Waals surface area contributed by atoms with Gasteiger partial charge in [-0.3, -0.25) is 25.1 Å². The molecule has 0 radical (unpaired) electrons. The van der Waals surface area contributed by atoms with Gasteiger partial charge in [0.25, 0.3) is 0 Å². The van der Waals surface area contributed by atoms with Crippen molar-refractivity contribution in [1.82, 2.24) is 0 Å². The summed E-state index contributed by atoms with van der Waals surface area (Å²) in [4.78, 5) is 10.3. The minimum atomic E-state index is -0.943. The molecule has 0 spiro atoms. The number of nitrogens with zero attached hydrogens (tertiary/aromatic N) is 1. The maximum Gasteiger partial charge on any atom is 0.320 e. The largest absolute Gasteiger partial charge is 0.480 e. The van der Waals surface area contributed by atoms with Gasteiger partial charge in [-0.25, -0.2) is 0 Å². The number of carbonyl (C=O) groups is 1. The Hall–Kier alpha value is -0.160. The van der Waals surface area contributed by atoms with Crippen LogP contribution < -0.4 is 5.73 Å². The van der Waals surface area contributed by atoms with Crippen molar-refractivity contribution in [2.24, 2.45) is 5.73 Å². The number of aliphatic carboxylic acids is 1. The Morgan fingerprint density at radius 1 is 1.83 bits per heavy atom. The summed E-state index contributed by atoms with van der Waals surface area (Å²) in [6.07, 6.45) is 2.17. The summed E-state index contributed by atoms with van der Waals surface area (Å²) < 4.78 is 9.30. The van der Waals surface area contributed by atoms with E-state index in [9.17, 15) is 4.79 Å². The van der Waals surface area contributed by atoms with Crippen LogP contribution in [0.2, 0.25) is 0 Å². The molecule has 2 atom stereocenters. The van der Waals surface area contributed by atoms with Crippen molar-refractivity contribution in [1.29, 1.82) is 4.61 Å². The Kier molecular flexibility index (Phi) is 3.46. The first kappa shape index (κ1) is 9.92. The number of carboxylic acids is 1. The number of nitrogens with two attached hydrogens (primary N) is 1. The zero-order valence-corrected chi connectivity index (χ0v) is 8.11. The van der Waals surface area contributed by atoms with Gasteiger partial charge in [-0.2, -0.15) is 0 Å². The lowest BCUT2D eigenvalue weighted by Crippen LogP contribution is -2.29. The third kappa shape index (κ3) is 3.06. The van der Waals surface area contributed by atoms with Crippen LogP contribution in [0.4, 0.5) is 0 Å². The molecule has 0 aromatic carbocycles. The van der Waals surface area contributed by atoms with Crippen LogP contribution in [-0.2, 0) is 14.4 Å². The van der Waals surface area contributed by atoms with Crippen molar-refractivity contribution in [3.8, 4) is 0 Å². The first-order valence-corrected chi connectivity index (χ1v) is 6.33. The van der Waals surface area contributed by atoms with Gasteiger partial charge in [0.1, 0.15) is 6.04 Å². The van der Waals surface area contributed by atoms with Gasteiger partial charge in [-0.05, 0) is 6.42 Å². The predicted molar refractivity (Wildman–Crippen MR) is 49.9 cm³/mol. The lowest BCUT2D eigenvalue weighted by molar-refractivity contribution is -0.138. The number of hydrogen-bond donors (Lipinski definition) is 2. The minimum Gasteiger partial charge on any atom is -0.480 e. The highest BCUT2D eigenvalue weighted by Crippen LogP contribution is 2.41. The fraction of sp³-hybridized carbons (Fsp3) is 0.833. The van der Waals surface area contributed by atoms with Crippen molar-refractivity contribution in [3.05, 3.63) is 0 Å². The maximum absolute atomic E-state index is 10.3. The van der Waals surface area contributed by atoms with Crippen LogP contribution in [0, 0.1) is 4.61 Å². The predicted octanol–water partition coefficient (Wildman–Crippen LogP) is 0.654. The van der Waals surface area contributed by atoms with E-state index in [-0.39, 0.29) is 0 Å². The molecule has 1 aliphatic heterocycles. The monoisotopic (exact) mass is 207 g/mol. The molecule has 12 heavy (non-hydrogen) atoms. The Morgan fingerprint density at radius 3 is 2.83 bits per heavy atom. The molecule has 1 aliphatic rings. The molecule has 0 amide bonds. The summed E-state index contributed by atoms with van der Waals surface area (Å²) in [7, 11) is 1.10. The molecule has 1 rings (SSSR count). The molecular weight excluding hydrogens is 196 g/mol. The van der Waals surface area contributed by atoms with Crippen molar-refractivity contribution in [2.45, 2.75) is 29.9 Å². The Bertz CT molecular complexity index is 248. The Labute approximate surface area is 76.9 Å². The molecule has 0 aromatic rings. The van der Waals surface area contributed by atoms with E-state index in [1.807, 2.05) is 0 Å². The third-order valence-corrected chi connectivity index (χ3v) is 4.83. The van der Waals surface area contributed by atoms with Crippen LogP contribution in [0.25, 0.3) is 0 Å². The normalized spacial score (nSPS) is 25.2. The van der Waals surface area contributed by atoms with Crippen LogP contribution in [0.3, 0.4) is 0 Å². The fourth-order valence-corrected chi connectivity index (χ4v) is 3.09. The van der Waals surface area contributed by atoms with E-state index in [2.05, 4.69) is 0 Å². The molecule has 1 heterocycles. The van der Waals surface area contributed by atoms with Gasteiger partial charge in [-0.15, -0.1) is 0 Å². The molecule has 2 unspecified atom stereocenters. The van der Waals surface area contributed by atoms with Crippen molar-refractivity contribution in [3.63, 3.8) is 0 Å². The molecule has 4 nitrogen and oxygen atoms in total. The number of rotatable bonds is 5. The van der Waals surface area contributed by atoms with E-state index in [0.717, 1.165) is 12.8 Å². The van der Waals surface area contributed by atoms with E-state index in [1.165, 1.54) is 0 Å². The van der Waals surface area contributed by atoms with Crippen molar-refractivity contribution < 1.29 is 9.90 Å². The van der Waals surface area contributed by atoms with Crippen molar-refractivity contribution in [2.75, 3.05) is 0 Å². The summed E-state index contributed by atoms with van der Waals surface area (Å²) in [6, 6.07) is -0.741. The molecule has 0 saturated carbocycles. The molecule has 0 aromatic heterocycles. The van der Waals surface area contributed by atoms with Gasteiger partial charge in [0, 0.05) is 0 Å². The quantitative estimate of drug-likeness (QED) is 0.393. The summed E-state index contributed by atoms with van der Waals surface area (Å²) >= 11 is 0. The first-order chi connectivity index (χ1) is 5.61. The van der Waals surface area contributed by atoms with Gasteiger partial charge in [-0.1, -0.05) is 17.4 Å². The molecule has 3 N–H and O–H groups in total. The van der Waals surface area contributed by atoms with E-state index >= 15 is 0 Å². The lowest BCUT2D eigenvalue weighted by Gasteiger charge is -2.04. The van der Waals surface area contributed by atoms with Crippen LogP contribution >= 0.6 is 10.8 Å². The third-order valence-electron chi connectivity index (χ3n) is 1.67. The summed E-state index contributed by atoms with van der Waals surface area (Å²) in [5, 5.41) is 8.44. The average Bonchev–Trinajstić information content (AvgIpc) is 2.66. The number of hydrogen-bond acceptors (Lipinski definition) is 5. The first-order valence-electron chi connectivity index (χ1n) is 3.69. The molecule has 70 valence electrons. The van der Waals surface area contributed by atoms with Gasteiger partial charge in [0.05, 0.1) is 0 Å². The zero-order chi connectivity index (χ0) is 9.14. The molecule has 0 aliphatic carbocycles. The summed E-state index contributed by atoms with van der Waals surface area (Å²) in [5.41, 5.74) is 5.29. The fourth-order valence-electron chi connectivity index (χ4n) is 0.864. The highest BCUT2D eigenvalue weighted by atomic mass is 33.2. The molecule has 6 heteroatoms. The Balaban J connectivity index is 2.03. The highest BCUT2D eigenvalue weighted by Gasteiger charge is 2.16. The smallest absolute Gasteiger partial charge is 0.320 e. The topological polar surface area (TPSA) is 87.1 Å². The summed E-state index contributed by atoms with van der Waals surface area (Å²) in [5.74, 6) is -0.943. The van der Waals surface area contributed by atoms with Gasteiger partial charge >= 0.3 is 5.97 Å². The van der Waals surface area contributed by atoms with Gasteiger partial charge < -0.3 is 15.4 Å². The van der Waals surface area contributed by atoms with Crippen LogP contribution in [-0.4, -0.2) is 21.7 Å². The lowest BCUT2D eigenvalue weighted by atomic mass is 10.1. The molecule has 1 fully saturated rings. The standard InChI is InChI=1S/C6H11N2O2S2/c7-4(6(9)10)2-1-3-5-11-12(5)8/h4-5H,1-3,7H2,(H,9,10)/q-1. The van der Waals surface area contributed by atoms with Gasteiger partial charge in [0.15, 0.2) is 0 Å². The second-order valence-corrected chi connectivity index (χ2v) is 6.46. The average molecular weight is 207 g/mol. The zero-order valence-electron chi connectivity index (χ0n) is 6.47. The van der Waals surface area contributed by atoms with Crippen LogP contribution in [0.15, 0.2) is 0 Å². The van der Waals surface area contributed by atoms with Crippen molar-refractivity contribution >= 4 is 26.3 Å². The summed E-state index contributed by atoms with van der Waals surface area (Å²) in [6.45, 7) is 0. The van der Waals surface area contributed by atoms with E-state index < -0.39 is 21.6 Å². The van der Waals surface area contributed by atoms with Crippen LogP contribution in [0.5, 0.6) is 0 Å². The number of carboxylic acid groups (broad SMARTS) is 1. The highest BCUT2D eigenvalue weighted by molar-refractivity contribution is 8.84. The second kappa shape index (κ2) is 4.18. The minimum absolute atomic E-state index is 0.353. The maximum atomic E-state index is 10.3. The van der Waals surface area contributed by atoms with Gasteiger partial charge in [0.2, 0.25) is 0 Å². The SMILES string of the molecule is N#[S-]1SC1CCCC(N)C(=O)O. The molecular formula is C6H11N2O2S2-. The van der Waals surface area contributed by atoms with E-state index in [0.29, 0.717) is 11.0 Å². The Morgan fingerprint density at radius 2 is 2.42 bits per heavy atom. The molecule has 0 bridgehead atoms. The van der Waals surface area contributed by atoms with Crippen LogP contribution in [0.1, 0.15) is 19.3 Å². The van der Waals surface area contributed by atoms with E-state index in [1.54, 1.807) is 10.8 Å². The van der Waals surface area contributed by atoms with E-state index in [4.69, 9.17) is 15.4 Å². The second-order valence-electron chi connectivity index (χ2n) is 2.68.